The van der Waals surface area contributed by atoms with Crippen molar-refractivity contribution < 1.29 is 33.7 Å². The first-order chi connectivity index (χ1) is 16.5. The van der Waals surface area contributed by atoms with Crippen LogP contribution in [0, 0.1) is 0 Å². The number of nitrogens with one attached hydrogen (secondary N) is 1. The minimum atomic E-state index is -1.34. The van der Waals surface area contributed by atoms with Crippen molar-refractivity contribution >= 4 is 17.7 Å². The molecule has 0 aromatic heterocycles. The van der Waals surface area contributed by atoms with Crippen LogP contribution < -0.4 is 10.1 Å². The van der Waals surface area contributed by atoms with E-state index in [9.17, 15) is 19.5 Å². The Balaban J connectivity index is 1.83. The number of esters is 2. The molecule has 2 N–H and O–H groups in total. The summed E-state index contributed by atoms with van der Waals surface area (Å²) in [6.45, 7) is 0. The largest absolute Gasteiger partial charge is 0.507 e. The lowest BCUT2D eigenvalue weighted by molar-refractivity contribution is -0.145. The van der Waals surface area contributed by atoms with Gasteiger partial charge in [0.1, 0.15) is 23.0 Å². The molecule has 4 rings (SSSR count). The van der Waals surface area contributed by atoms with Gasteiger partial charge in [0.25, 0.3) is 0 Å². The number of phenolic OH excluding ortho intramolecular Hbond substituents is 1. The number of ketones is 1. The zero-order valence-electron chi connectivity index (χ0n) is 19.1. The van der Waals surface area contributed by atoms with Gasteiger partial charge >= 0.3 is 11.9 Å². The highest BCUT2D eigenvalue weighted by Gasteiger charge is 2.43. The van der Waals surface area contributed by atoms with Crippen LogP contribution in [0.5, 0.6) is 11.5 Å². The van der Waals surface area contributed by atoms with Gasteiger partial charge in [-0.25, -0.2) is 4.79 Å². The summed E-state index contributed by atoms with van der Waals surface area (Å²) < 4.78 is 16.0. The van der Waals surface area contributed by atoms with Crippen LogP contribution in [-0.2, 0) is 19.1 Å². The smallest absolute Gasteiger partial charge is 0.340 e. The second kappa shape index (κ2) is 9.99. The first kappa shape index (κ1) is 23.4. The molecule has 1 aliphatic heterocycles. The fourth-order valence-corrected chi connectivity index (χ4v) is 4.54. The van der Waals surface area contributed by atoms with E-state index in [4.69, 9.17) is 14.2 Å². The van der Waals surface area contributed by atoms with Crippen LogP contribution in [0.15, 0.2) is 53.9 Å². The van der Waals surface area contributed by atoms with Crippen LogP contribution >= 0.6 is 0 Å². The first-order valence-electron chi connectivity index (χ1n) is 11.3. The third-order valence-electron chi connectivity index (χ3n) is 6.27. The Morgan fingerprint density at radius 3 is 2.32 bits per heavy atom. The molecule has 0 radical (unpaired) electrons. The molecule has 0 amide bonds. The number of carbonyl (C=O) groups is 3. The van der Waals surface area contributed by atoms with E-state index in [1.807, 2.05) is 0 Å². The van der Waals surface area contributed by atoms with Crippen molar-refractivity contribution in [1.82, 2.24) is 5.32 Å². The fourth-order valence-electron chi connectivity index (χ4n) is 4.54. The van der Waals surface area contributed by atoms with Gasteiger partial charge in [-0.1, -0.05) is 49.6 Å². The van der Waals surface area contributed by atoms with Crippen LogP contribution in [0.25, 0.3) is 0 Å². The van der Waals surface area contributed by atoms with Gasteiger partial charge in [0.15, 0.2) is 5.78 Å². The normalized spacial score (nSPS) is 17.9. The minimum Gasteiger partial charge on any atom is -0.507 e. The van der Waals surface area contributed by atoms with Gasteiger partial charge in [0.2, 0.25) is 5.88 Å². The molecule has 2 aromatic carbocycles. The Labute approximate surface area is 197 Å². The molecule has 1 unspecified atom stereocenters. The van der Waals surface area contributed by atoms with Crippen LogP contribution in [0.2, 0.25) is 0 Å². The van der Waals surface area contributed by atoms with E-state index in [0.29, 0.717) is 5.56 Å². The number of methoxy groups -OCH3 is 2. The summed E-state index contributed by atoms with van der Waals surface area (Å²) in [6.07, 6.45) is 5.02. The van der Waals surface area contributed by atoms with Gasteiger partial charge in [0.05, 0.1) is 25.3 Å². The van der Waals surface area contributed by atoms with Crippen molar-refractivity contribution in [2.24, 2.45) is 0 Å². The molecule has 0 saturated heterocycles. The van der Waals surface area contributed by atoms with Crippen molar-refractivity contribution in [2.75, 3.05) is 14.2 Å². The maximum Gasteiger partial charge on any atom is 0.340 e. The number of phenols is 1. The van der Waals surface area contributed by atoms with Gasteiger partial charge in [-0.3, -0.25) is 9.59 Å². The fraction of sp³-hybridized carbons (Fsp3) is 0.346. The number of rotatable bonds is 6. The molecule has 1 aliphatic carbocycles. The third kappa shape index (κ3) is 4.35. The summed E-state index contributed by atoms with van der Waals surface area (Å²) in [6, 6.07) is 11.5. The van der Waals surface area contributed by atoms with Crippen molar-refractivity contribution in [3.05, 3.63) is 70.6 Å². The molecule has 1 heterocycles. The number of aromatic hydroxyl groups is 1. The lowest BCUT2D eigenvalue weighted by Crippen LogP contribution is -2.38. The average Bonchev–Trinajstić information content (AvgIpc) is 2.88. The van der Waals surface area contributed by atoms with Crippen LogP contribution in [0.3, 0.4) is 0 Å². The molecule has 1 fully saturated rings. The van der Waals surface area contributed by atoms with Gasteiger partial charge < -0.3 is 24.6 Å². The van der Waals surface area contributed by atoms with Crippen LogP contribution in [0.1, 0.15) is 59.5 Å². The lowest BCUT2D eigenvalue weighted by Gasteiger charge is -2.32. The quantitative estimate of drug-likeness (QED) is 0.492. The predicted octanol–water partition coefficient (Wildman–Crippen LogP) is 3.58. The number of carbonyl (C=O) groups excluding carboxylic acids is 3. The van der Waals surface area contributed by atoms with Crippen molar-refractivity contribution in [2.45, 2.75) is 44.1 Å². The van der Waals surface area contributed by atoms with E-state index in [1.54, 1.807) is 30.3 Å². The minimum absolute atomic E-state index is 0.0109. The molecular formula is C26H27NO7. The highest BCUT2D eigenvalue weighted by atomic mass is 16.5. The SMILES string of the molecule is COC(=O)C1=C(NC2CCCCC2)Oc2ccc(C(=O)c3ccccc3)c(O)c2C1C(=O)OC. The Morgan fingerprint density at radius 1 is 0.971 bits per heavy atom. The summed E-state index contributed by atoms with van der Waals surface area (Å²) in [7, 11) is 2.39. The lowest BCUT2D eigenvalue weighted by atomic mass is 9.85. The molecule has 178 valence electrons. The van der Waals surface area contributed by atoms with Gasteiger partial charge in [-0.2, -0.15) is 0 Å². The summed E-state index contributed by atoms with van der Waals surface area (Å²) in [5.74, 6) is -3.53. The van der Waals surface area contributed by atoms with E-state index in [-0.39, 0.29) is 34.4 Å². The molecule has 0 spiro atoms. The molecule has 2 aromatic rings. The maximum atomic E-state index is 13.1. The van der Waals surface area contributed by atoms with Crippen LogP contribution in [0.4, 0.5) is 0 Å². The van der Waals surface area contributed by atoms with Gasteiger partial charge in [-0.15, -0.1) is 0 Å². The highest BCUT2D eigenvalue weighted by Crippen LogP contribution is 2.46. The molecule has 8 nitrogen and oxygen atoms in total. The predicted molar refractivity (Wildman–Crippen MR) is 122 cm³/mol. The molecule has 8 heteroatoms. The second-order valence-electron chi connectivity index (χ2n) is 8.34. The first-order valence-corrected chi connectivity index (χ1v) is 11.3. The van der Waals surface area contributed by atoms with E-state index in [0.717, 1.165) is 32.1 Å². The van der Waals surface area contributed by atoms with Crippen molar-refractivity contribution in [3.63, 3.8) is 0 Å². The molecule has 0 bridgehead atoms. The second-order valence-corrected chi connectivity index (χ2v) is 8.34. The van der Waals surface area contributed by atoms with Gasteiger partial charge in [-0.05, 0) is 25.0 Å². The molecule has 1 atom stereocenters. The summed E-state index contributed by atoms with van der Waals surface area (Å²) in [5, 5.41) is 14.4. The Bertz CT molecular complexity index is 1130. The highest BCUT2D eigenvalue weighted by molar-refractivity contribution is 6.11. The number of fused-ring (bicyclic) bond motifs is 1. The van der Waals surface area contributed by atoms with E-state index >= 15 is 0 Å². The summed E-state index contributed by atoms with van der Waals surface area (Å²) >= 11 is 0. The standard InChI is InChI=1S/C26H27NO7/c1-32-25(30)20-19-18(14-13-17(23(19)29)22(28)15-9-5-3-6-10-15)34-24(21(20)26(31)33-2)27-16-11-7-4-8-12-16/h3,5-6,9-10,13-14,16,20,27,29H,4,7-8,11-12H2,1-2H3. The number of hydrogen-bond acceptors (Lipinski definition) is 8. The number of benzene rings is 2. The number of hydrogen-bond donors (Lipinski definition) is 2. The van der Waals surface area contributed by atoms with E-state index < -0.39 is 29.4 Å². The maximum absolute atomic E-state index is 13.1. The van der Waals surface area contributed by atoms with E-state index in [2.05, 4.69) is 5.32 Å². The Morgan fingerprint density at radius 2 is 1.68 bits per heavy atom. The Kier molecular flexibility index (Phi) is 6.86. The zero-order valence-corrected chi connectivity index (χ0v) is 19.1. The monoisotopic (exact) mass is 465 g/mol. The van der Waals surface area contributed by atoms with Crippen LogP contribution in [-0.4, -0.2) is 43.1 Å². The van der Waals surface area contributed by atoms with Crippen molar-refractivity contribution in [1.29, 1.82) is 0 Å². The van der Waals surface area contributed by atoms with Crippen molar-refractivity contribution in [3.8, 4) is 11.5 Å². The summed E-state index contributed by atoms with van der Waals surface area (Å²) in [4.78, 5) is 38.9. The molecule has 2 aliphatic rings. The van der Waals surface area contributed by atoms with Gasteiger partial charge in [0, 0.05) is 11.6 Å². The Hall–Kier alpha value is -3.81. The molecule has 34 heavy (non-hydrogen) atoms. The zero-order chi connectivity index (χ0) is 24.2. The third-order valence-corrected chi connectivity index (χ3v) is 6.27. The average molecular weight is 466 g/mol. The molecule has 1 saturated carbocycles. The topological polar surface area (TPSA) is 111 Å². The summed E-state index contributed by atoms with van der Waals surface area (Å²) in [5.41, 5.74) is 0.234. The number of ether oxygens (including phenoxy) is 3. The molecular weight excluding hydrogens is 438 g/mol. The van der Waals surface area contributed by atoms with E-state index in [1.165, 1.54) is 26.4 Å².